The van der Waals surface area contributed by atoms with E-state index < -0.39 is 0 Å². The molecule has 0 N–H and O–H groups in total. The summed E-state index contributed by atoms with van der Waals surface area (Å²) in [6.45, 7) is 6.33. The molecule has 27 heavy (non-hydrogen) atoms. The summed E-state index contributed by atoms with van der Waals surface area (Å²) in [4.78, 5) is 25.1. The normalized spacial score (nSPS) is 11.0. The van der Waals surface area contributed by atoms with Crippen molar-refractivity contribution in [1.82, 2.24) is 0 Å². The van der Waals surface area contributed by atoms with Crippen LogP contribution in [-0.4, -0.2) is 32.9 Å². The van der Waals surface area contributed by atoms with Gasteiger partial charge in [0, 0.05) is 11.1 Å². The monoisotopic (exact) mass is 370 g/mol. The quantitative estimate of drug-likeness (QED) is 0.532. The molecule has 5 nitrogen and oxygen atoms in total. The molecule has 2 rings (SSSR count). The lowest BCUT2D eigenvalue weighted by molar-refractivity contribution is 0.0893. The first-order valence-corrected chi connectivity index (χ1v) is 8.68. The third-order valence-corrected chi connectivity index (χ3v) is 4.38. The maximum Gasteiger partial charge on any atom is 0.203 e. The molecule has 0 saturated carbocycles. The van der Waals surface area contributed by atoms with Gasteiger partial charge in [0.2, 0.25) is 5.75 Å². The zero-order chi connectivity index (χ0) is 20.2. The molecule has 0 radical (unpaired) electrons. The van der Waals surface area contributed by atoms with Crippen LogP contribution in [-0.2, 0) is 5.41 Å². The Morgan fingerprint density at radius 1 is 0.778 bits per heavy atom. The van der Waals surface area contributed by atoms with Gasteiger partial charge in [-0.15, -0.1) is 0 Å². The second-order valence-electron chi connectivity index (χ2n) is 7.26. The Labute approximate surface area is 160 Å². The molecule has 0 bridgehead atoms. The van der Waals surface area contributed by atoms with E-state index in [0.717, 1.165) is 5.56 Å². The number of hydrogen-bond donors (Lipinski definition) is 0. The third kappa shape index (κ3) is 4.67. The SMILES string of the molecule is COc1cc(C(=O)CC(=O)c2ccc(C(C)(C)C)cc2)cc(OC)c1OC. The molecule has 2 aromatic rings. The maximum absolute atomic E-state index is 12.6. The van der Waals surface area contributed by atoms with Gasteiger partial charge < -0.3 is 14.2 Å². The minimum Gasteiger partial charge on any atom is -0.493 e. The minimum absolute atomic E-state index is 0.00754. The van der Waals surface area contributed by atoms with E-state index >= 15 is 0 Å². The molecule has 0 aliphatic rings. The molecule has 0 saturated heterocycles. The average Bonchev–Trinajstić information content (AvgIpc) is 2.65. The summed E-state index contributed by atoms with van der Waals surface area (Å²) in [6.07, 6.45) is -0.229. The van der Waals surface area contributed by atoms with E-state index in [1.165, 1.54) is 21.3 Å². The van der Waals surface area contributed by atoms with Crippen LogP contribution in [0.2, 0.25) is 0 Å². The summed E-state index contributed by atoms with van der Waals surface area (Å²) < 4.78 is 15.8. The average molecular weight is 370 g/mol. The highest BCUT2D eigenvalue weighted by atomic mass is 16.5. The Balaban J connectivity index is 2.23. The molecule has 0 atom stereocenters. The van der Waals surface area contributed by atoms with Crippen LogP contribution in [0.15, 0.2) is 36.4 Å². The smallest absolute Gasteiger partial charge is 0.203 e. The Bertz CT molecular complexity index is 804. The Morgan fingerprint density at radius 3 is 1.67 bits per heavy atom. The van der Waals surface area contributed by atoms with E-state index in [4.69, 9.17) is 14.2 Å². The van der Waals surface area contributed by atoms with Crippen LogP contribution in [0.1, 0.15) is 53.5 Å². The van der Waals surface area contributed by atoms with Crippen molar-refractivity contribution in [3.05, 3.63) is 53.1 Å². The van der Waals surface area contributed by atoms with E-state index in [1.54, 1.807) is 24.3 Å². The number of ketones is 2. The fraction of sp³-hybridized carbons (Fsp3) is 0.364. The van der Waals surface area contributed by atoms with Gasteiger partial charge in [-0.3, -0.25) is 9.59 Å². The molecule has 0 aliphatic carbocycles. The molecule has 0 amide bonds. The number of rotatable bonds is 7. The topological polar surface area (TPSA) is 61.8 Å². The molecule has 0 heterocycles. The van der Waals surface area contributed by atoms with Crippen molar-refractivity contribution in [2.45, 2.75) is 32.6 Å². The van der Waals surface area contributed by atoms with E-state index in [1.807, 2.05) is 12.1 Å². The van der Waals surface area contributed by atoms with Gasteiger partial charge in [0.1, 0.15) is 0 Å². The molecule has 5 heteroatoms. The second-order valence-corrected chi connectivity index (χ2v) is 7.26. The summed E-state index contributed by atoms with van der Waals surface area (Å²) in [5, 5.41) is 0. The minimum atomic E-state index is -0.306. The van der Waals surface area contributed by atoms with Crippen LogP contribution in [0, 0.1) is 0 Å². The molecule has 0 spiro atoms. The molecule has 0 aliphatic heterocycles. The number of carbonyl (C=O) groups is 2. The largest absolute Gasteiger partial charge is 0.493 e. The Morgan fingerprint density at radius 2 is 1.26 bits per heavy atom. The van der Waals surface area contributed by atoms with E-state index in [9.17, 15) is 9.59 Å². The summed E-state index contributed by atoms with van der Waals surface area (Å²) in [5.41, 5.74) is 2.00. The lowest BCUT2D eigenvalue weighted by Gasteiger charge is -2.19. The number of methoxy groups -OCH3 is 3. The van der Waals surface area contributed by atoms with Gasteiger partial charge in [-0.25, -0.2) is 0 Å². The van der Waals surface area contributed by atoms with Crippen molar-refractivity contribution < 1.29 is 23.8 Å². The number of ether oxygens (including phenoxy) is 3. The highest BCUT2D eigenvalue weighted by Gasteiger charge is 2.20. The highest BCUT2D eigenvalue weighted by Crippen LogP contribution is 2.38. The van der Waals surface area contributed by atoms with E-state index in [2.05, 4.69) is 20.8 Å². The fourth-order valence-electron chi connectivity index (χ4n) is 2.75. The second kappa shape index (κ2) is 8.25. The van der Waals surface area contributed by atoms with Gasteiger partial charge in [0.25, 0.3) is 0 Å². The lowest BCUT2D eigenvalue weighted by atomic mass is 9.86. The van der Waals surface area contributed by atoms with Gasteiger partial charge in [-0.2, -0.15) is 0 Å². The van der Waals surface area contributed by atoms with E-state index in [-0.39, 0.29) is 23.4 Å². The Hall–Kier alpha value is -2.82. The molecule has 2 aromatic carbocycles. The highest BCUT2D eigenvalue weighted by molar-refractivity contribution is 6.13. The Kier molecular flexibility index (Phi) is 6.26. The van der Waals surface area contributed by atoms with Crippen LogP contribution in [0.25, 0.3) is 0 Å². The molecule has 0 unspecified atom stereocenters. The van der Waals surface area contributed by atoms with Crippen LogP contribution >= 0.6 is 0 Å². The van der Waals surface area contributed by atoms with Gasteiger partial charge in [0.05, 0.1) is 27.8 Å². The molecule has 144 valence electrons. The van der Waals surface area contributed by atoms with Gasteiger partial charge in [0.15, 0.2) is 23.1 Å². The first-order valence-electron chi connectivity index (χ1n) is 8.68. The first-order chi connectivity index (χ1) is 12.7. The van der Waals surface area contributed by atoms with Gasteiger partial charge >= 0.3 is 0 Å². The van der Waals surface area contributed by atoms with Crippen LogP contribution in [0.5, 0.6) is 17.2 Å². The molecule has 0 aromatic heterocycles. The zero-order valence-corrected chi connectivity index (χ0v) is 16.7. The third-order valence-electron chi connectivity index (χ3n) is 4.38. The fourth-order valence-corrected chi connectivity index (χ4v) is 2.75. The predicted molar refractivity (Wildman–Crippen MR) is 105 cm³/mol. The van der Waals surface area contributed by atoms with Crippen molar-refractivity contribution in [2.24, 2.45) is 0 Å². The number of Topliss-reactive ketones (excluding diaryl/α,β-unsaturated/α-hetero) is 2. The standard InChI is InChI=1S/C22H26O5/c1-22(2,3)16-9-7-14(8-10-16)17(23)13-18(24)15-11-19(25-4)21(27-6)20(12-15)26-5/h7-12H,13H2,1-6H3. The summed E-state index contributed by atoms with van der Waals surface area (Å²) in [7, 11) is 4.45. The van der Waals surface area contributed by atoms with Crippen LogP contribution in [0.3, 0.4) is 0 Å². The van der Waals surface area contributed by atoms with Crippen molar-refractivity contribution in [3.63, 3.8) is 0 Å². The van der Waals surface area contributed by atoms with Crippen molar-refractivity contribution in [1.29, 1.82) is 0 Å². The molecular formula is C22H26O5. The van der Waals surface area contributed by atoms with E-state index in [0.29, 0.717) is 28.4 Å². The van der Waals surface area contributed by atoms with Gasteiger partial charge in [-0.1, -0.05) is 45.0 Å². The summed E-state index contributed by atoms with van der Waals surface area (Å²) in [6, 6.07) is 10.5. The van der Waals surface area contributed by atoms with Crippen molar-refractivity contribution in [3.8, 4) is 17.2 Å². The number of carbonyl (C=O) groups excluding carboxylic acids is 2. The van der Waals surface area contributed by atoms with Crippen LogP contribution < -0.4 is 14.2 Å². The number of benzene rings is 2. The predicted octanol–water partition coefficient (Wildman–Crippen LogP) is 4.47. The van der Waals surface area contributed by atoms with Gasteiger partial charge in [-0.05, 0) is 23.1 Å². The number of hydrogen-bond acceptors (Lipinski definition) is 5. The maximum atomic E-state index is 12.6. The first kappa shape index (κ1) is 20.5. The lowest BCUT2D eigenvalue weighted by Crippen LogP contribution is -2.12. The van der Waals surface area contributed by atoms with Crippen molar-refractivity contribution >= 4 is 11.6 Å². The summed E-state index contributed by atoms with van der Waals surface area (Å²) in [5.74, 6) is 0.623. The van der Waals surface area contributed by atoms with Crippen molar-refractivity contribution in [2.75, 3.05) is 21.3 Å². The summed E-state index contributed by atoms with van der Waals surface area (Å²) >= 11 is 0. The zero-order valence-electron chi connectivity index (χ0n) is 16.7. The molecule has 0 fully saturated rings. The van der Waals surface area contributed by atoms with Crippen LogP contribution in [0.4, 0.5) is 0 Å². The molecular weight excluding hydrogens is 344 g/mol.